The third-order valence-electron chi connectivity index (χ3n) is 3.29. The van der Waals surface area contributed by atoms with Gasteiger partial charge in [0.05, 0.1) is 5.52 Å². The molecule has 0 radical (unpaired) electrons. The molecule has 2 aromatic carbocycles. The maximum atomic E-state index is 13.1. The molecule has 0 atom stereocenters. The summed E-state index contributed by atoms with van der Waals surface area (Å²) in [6, 6.07) is 11.9. The Morgan fingerprint density at radius 1 is 1.20 bits per heavy atom. The van der Waals surface area contributed by atoms with Crippen LogP contribution in [-0.2, 0) is 13.7 Å². The number of nitrogen functional groups attached to an aromatic ring is 1. The van der Waals surface area contributed by atoms with Gasteiger partial charge in [0.25, 0.3) is 0 Å². The van der Waals surface area contributed by atoms with Crippen molar-refractivity contribution in [1.29, 1.82) is 0 Å². The van der Waals surface area contributed by atoms with E-state index in [0.29, 0.717) is 12.4 Å². The zero-order chi connectivity index (χ0) is 14.1. The van der Waals surface area contributed by atoms with Crippen LogP contribution in [0.5, 0.6) is 5.75 Å². The molecule has 0 amide bonds. The first-order chi connectivity index (χ1) is 9.63. The molecule has 0 bridgehead atoms. The highest BCUT2D eigenvalue weighted by atomic mass is 19.1. The van der Waals surface area contributed by atoms with Gasteiger partial charge in [-0.15, -0.1) is 0 Å². The van der Waals surface area contributed by atoms with Crippen molar-refractivity contribution in [3.05, 3.63) is 60.0 Å². The van der Waals surface area contributed by atoms with Gasteiger partial charge in [0.15, 0.2) is 0 Å². The fourth-order valence-corrected chi connectivity index (χ4v) is 2.32. The van der Waals surface area contributed by atoms with Crippen LogP contribution in [0.15, 0.2) is 48.7 Å². The average Bonchev–Trinajstić information content (AvgIpc) is 2.73. The molecule has 1 heterocycles. The number of hydrogen-bond donors (Lipinski definition) is 1. The highest BCUT2D eigenvalue weighted by Crippen LogP contribution is 2.24. The summed E-state index contributed by atoms with van der Waals surface area (Å²) in [5, 5.41) is 1.10. The van der Waals surface area contributed by atoms with Gasteiger partial charge in [-0.2, -0.15) is 0 Å². The Kier molecular flexibility index (Phi) is 3.06. The third-order valence-corrected chi connectivity index (χ3v) is 3.29. The van der Waals surface area contributed by atoms with Gasteiger partial charge in [0.1, 0.15) is 18.2 Å². The van der Waals surface area contributed by atoms with Crippen LogP contribution in [-0.4, -0.2) is 4.57 Å². The number of nitrogens with two attached hydrogens (primary N) is 1. The summed E-state index contributed by atoms with van der Waals surface area (Å²) in [7, 11) is 1.97. The minimum absolute atomic E-state index is 0.298. The summed E-state index contributed by atoms with van der Waals surface area (Å²) < 4.78 is 20.7. The van der Waals surface area contributed by atoms with Gasteiger partial charge in [-0.1, -0.05) is 12.1 Å². The zero-order valence-corrected chi connectivity index (χ0v) is 11.1. The van der Waals surface area contributed by atoms with Gasteiger partial charge in [-0.05, 0) is 24.3 Å². The molecule has 1 aromatic heterocycles. The van der Waals surface area contributed by atoms with E-state index >= 15 is 0 Å². The number of rotatable bonds is 3. The molecule has 3 aromatic rings. The largest absolute Gasteiger partial charge is 0.489 e. The Morgan fingerprint density at radius 2 is 2.05 bits per heavy atom. The van der Waals surface area contributed by atoms with E-state index in [9.17, 15) is 4.39 Å². The predicted octanol–water partition coefficient (Wildman–Crippen LogP) is 3.48. The van der Waals surface area contributed by atoms with Crippen molar-refractivity contribution in [1.82, 2.24) is 4.57 Å². The lowest BCUT2D eigenvalue weighted by atomic mass is 10.2. The maximum Gasteiger partial charge on any atom is 0.126 e. The fraction of sp³-hybridized carbons (Fsp3) is 0.125. The molecule has 4 heteroatoms. The van der Waals surface area contributed by atoms with Crippen LogP contribution in [0.25, 0.3) is 10.9 Å². The van der Waals surface area contributed by atoms with E-state index in [1.165, 1.54) is 12.1 Å². The summed E-state index contributed by atoms with van der Waals surface area (Å²) in [5.41, 5.74) is 8.64. The van der Waals surface area contributed by atoms with Crippen molar-refractivity contribution in [2.45, 2.75) is 6.61 Å². The van der Waals surface area contributed by atoms with E-state index in [1.54, 1.807) is 12.1 Å². The standard InChI is InChI=1S/C16H15FN2O/c1-19-9-11(15-6-5-13(18)8-16(15)19)10-20-14-4-2-3-12(17)7-14/h2-9H,10,18H2,1H3. The molecule has 3 rings (SSSR count). The number of aryl methyl sites for hydroxylation is 1. The minimum Gasteiger partial charge on any atom is -0.489 e. The predicted molar refractivity (Wildman–Crippen MR) is 78.1 cm³/mol. The number of nitrogens with zero attached hydrogens (tertiary/aromatic N) is 1. The highest BCUT2D eigenvalue weighted by Gasteiger charge is 2.07. The smallest absolute Gasteiger partial charge is 0.126 e. The highest BCUT2D eigenvalue weighted by molar-refractivity contribution is 5.86. The third kappa shape index (κ3) is 2.32. The van der Waals surface area contributed by atoms with Crippen molar-refractivity contribution in [3.8, 4) is 5.75 Å². The van der Waals surface area contributed by atoms with Crippen molar-refractivity contribution in [2.75, 3.05) is 5.73 Å². The second kappa shape index (κ2) is 4.89. The van der Waals surface area contributed by atoms with Gasteiger partial charge in [0.2, 0.25) is 0 Å². The Balaban J connectivity index is 1.88. The molecule has 0 saturated heterocycles. The fourth-order valence-electron chi connectivity index (χ4n) is 2.32. The van der Waals surface area contributed by atoms with Crippen LogP contribution in [0, 0.1) is 5.82 Å². The quantitative estimate of drug-likeness (QED) is 0.740. The van der Waals surface area contributed by atoms with Crippen LogP contribution in [0.4, 0.5) is 10.1 Å². The van der Waals surface area contributed by atoms with E-state index in [2.05, 4.69) is 0 Å². The molecule has 0 spiro atoms. The van der Waals surface area contributed by atoms with Gasteiger partial charge in [0, 0.05) is 35.9 Å². The number of aromatic nitrogens is 1. The maximum absolute atomic E-state index is 13.1. The lowest BCUT2D eigenvalue weighted by Crippen LogP contribution is -1.95. The van der Waals surface area contributed by atoms with E-state index in [-0.39, 0.29) is 5.82 Å². The SMILES string of the molecule is Cn1cc(COc2cccc(F)c2)c2ccc(N)cc21. The second-order valence-electron chi connectivity index (χ2n) is 4.79. The van der Waals surface area contributed by atoms with Gasteiger partial charge < -0.3 is 15.0 Å². The molecular formula is C16H15FN2O. The van der Waals surface area contributed by atoms with Crippen molar-refractivity contribution >= 4 is 16.6 Å². The molecule has 0 aliphatic heterocycles. The Morgan fingerprint density at radius 3 is 2.85 bits per heavy atom. The molecule has 0 aliphatic rings. The first kappa shape index (κ1) is 12.5. The van der Waals surface area contributed by atoms with Gasteiger partial charge in [-0.3, -0.25) is 0 Å². The number of fused-ring (bicyclic) bond motifs is 1. The van der Waals surface area contributed by atoms with E-state index in [0.717, 1.165) is 22.2 Å². The molecule has 102 valence electrons. The van der Waals surface area contributed by atoms with Crippen LogP contribution >= 0.6 is 0 Å². The number of anilines is 1. The normalized spacial score (nSPS) is 10.9. The first-order valence-electron chi connectivity index (χ1n) is 6.35. The Hall–Kier alpha value is -2.49. The Labute approximate surface area is 116 Å². The number of benzene rings is 2. The molecule has 3 nitrogen and oxygen atoms in total. The summed E-state index contributed by atoms with van der Waals surface area (Å²) in [6.07, 6.45) is 2.00. The lowest BCUT2D eigenvalue weighted by Gasteiger charge is -2.05. The Bertz CT molecular complexity index is 764. The summed E-state index contributed by atoms with van der Waals surface area (Å²) >= 11 is 0. The van der Waals surface area contributed by atoms with E-state index in [4.69, 9.17) is 10.5 Å². The molecule has 0 fully saturated rings. The van der Waals surface area contributed by atoms with E-state index in [1.807, 2.05) is 36.0 Å². The van der Waals surface area contributed by atoms with Crippen LogP contribution < -0.4 is 10.5 Å². The number of halogens is 1. The second-order valence-corrected chi connectivity index (χ2v) is 4.79. The summed E-state index contributed by atoms with van der Waals surface area (Å²) in [4.78, 5) is 0. The van der Waals surface area contributed by atoms with Crippen molar-refractivity contribution in [2.24, 2.45) is 7.05 Å². The molecule has 2 N–H and O–H groups in total. The molecule has 0 unspecified atom stereocenters. The number of ether oxygens (including phenoxy) is 1. The van der Waals surface area contributed by atoms with Gasteiger partial charge >= 0.3 is 0 Å². The van der Waals surface area contributed by atoms with Crippen LogP contribution in [0.1, 0.15) is 5.56 Å². The molecule has 0 saturated carbocycles. The summed E-state index contributed by atoms with van der Waals surface area (Å²) in [5.74, 6) is 0.227. The van der Waals surface area contributed by atoms with E-state index < -0.39 is 0 Å². The van der Waals surface area contributed by atoms with Crippen molar-refractivity contribution < 1.29 is 9.13 Å². The topological polar surface area (TPSA) is 40.2 Å². The molecular weight excluding hydrogens is 255 g/mol. The summed E-state index contributed by atoms with van der Waals surface area (Å²) in [6.45, 7) is 0.394. The molecule has 20 heavy (non-hydrogen) atoms. The number of hydrogen-bond acceptors (Lipinski definition) is 2. The first-order valence-corrected chi connectivity index (χ1v) is 6.35. The van der Waals surface area contributed by atoms with Crippen molar-refractivity contribution in [3.63, 3.8) is 0 Å². The van der Waals surface area contributed by atoms with Gasteiger partial charge in [-0.25, -0.2) is 4.39 Å². The minimum atomic E-state index is -0.298. The van der Waals surface area contributed by atoms with Crippen LogP contribution in [0.2, 0.25) is 0 Å². The van der Waals surface area contributed by atoms with Crippen LogP contribution in [0.3, 0.4) is 0 Å². The zero-order valence-electron chi connectivity index (χ0n) is 11.1. The molecule has 0 aliphatic carbocycles. The lowest BCUT2D eigenvalue weighted by molar-refractivity contribution is 0.306. The monoisotopic (exact) mass is 270 g/mol. The average molecular weight is 270 g/mol.